The van der Waals surface area contributed by atoms with E-state index in [0.717, 1.165) is 25.2 Å². The van der Waals surface area contributed by atoms with E-state index in [1.807, 2.05) is 13.1 Å². The number of likely N-dealkylation sites (tertiary alicyclic amines) is 1. The van der Waals surface area contributed by atoms with E-state index >= 15 is 0 Å². The first-order valence-corrected chi connectivity index (χ1v) is 9.71. The van der Waals surface area contributed by atoms with Crippen molar-refractivity contribution < 1.29 is 14.6 Å². The Balaban J connectivity index is 1.72. The number of carbonyl (C=O) groups is 1. The van der Waals surface area contributed by atoms with Crippen LogP contribution >= 0.6 is 0 Å². The van der Waals surface area contributed by atoms with Crippen molar-refractivity contribution in [3.8, 4) is 0 Å². The van der Waals surface area contributed by atoms with Crippen molar-refractivity contribution in [3.05, 3.63) is 17.5 Å². The van der Waals surface area contributed by atoms with Gasteiger partial charge in [-0.15, -0.1) is 0 Å². The van der Waals surface area contributed by atoms with E-state index in [0.29, 0.717) is 37.9 Å². The molecule has 146 valence electrons. The molecule has 0 bridgehead atoms. The molecule has 3 heterocycles. The summed E-state index contributed by atoms with van der Waals surface area (Å²) < 4.78 is 7.29. The lowest BCUT2D eigenvalue weighted by Gasteiger charge is -2.33. The van der Waals surface area contributed by atoms with Gasteiger partial charge >= 0.3 is 0 Å². The lowest BCUT2D eigenvalue weighted by molar-refractivity contribution is -0.0525. The van der Waals surface area contributed by atoms with Crippen LogP contribution in [0.2, 0.25) is 0 Å². The van der Waals surface area contributed by atoms with Crippen LogP contribution in [0.4, 0.5) is 0 Å². The van der Waals surface area contributed by atoms with Crippen LogP contribution in [0.1, 0.15) is 42.9 Å². The van der Waals surface area contributed by atoms with Crippen LogP contribution in [-0.4, -0.2) is 82.1 Å². The van der Waals surface area contributed by atoms with Crippen LogP contribution in [0.15, 0.2) is 6.07 Å². The fraction of sp³-hybridized carbons (Fsp3) is 0.789. The molecule has 7 heteroatoms. The van der Waals surface area contributed by atoms with Gasteiger partial charge < -0.3 is 19.6 Å². The number of rotatable bonds is 5. The van der Waals surface area contributed by atoms with Crippen molar-refractivity contribution in [1.29, 1.82) is 0 Å². The van der Waals surface area contributed by atoms with Crippen molar-refractivity contribution >= 4 is 5.91 Å². The Hall–Kier alpha value is -1.44. The third-order valence-corrected chi connectivity index (χ3v) is 5.13. The molecule has 1 aromatic heterocycles. The Bertz CT molecular complexity index is 624. The second-order valence-corrected chi connectivity index (χ2v) is 8.23. The molecule has 1 N–H and O–H groups in total. The molecule has 7 nitrogen and oxygen atoms in total. The van der Waals surface area contributed by atoms with Crippen LogP contribution in [0.3, 0.4) is 0 Å². The van der Waals surface area contributed by atoms with E-state index in [9.17, 15) is 9.90 Å². The molecule has 2 aliphatic rings. The molecule has 3 rings (SSSR count). The molecule has 26 heavy (non-hydrogen) atoms. The molecule has 0 aromatic carbocycles. The normalized spacial score (nSPS) is 25.0. The summed E-state index contributed by atoms with van der Waals surface area (Å²) >= 11 is 0. The summed E-state index contributed by atoms with van der Waals surface area (Å²) in [4.78, 5) is 17.1. The first-order valence-electron chi connectivity index (χ1n) is 9.71. The van der Waals surface area contributed by atoms with E-state index in [4.69, 9.17) is 4.74 Å². The van der Waals surface area contributed by atoms with Gasteiger partial charge in [-0.25, -0.2) is 0 Å². The highest BCUT2D eigenvalue weighted by Crippen LogP contribution is 2.20. The molecule has 1 atom stereocenters. The second-order valence-electron chi connectivity index (χ2n) is 8.23. The van der Waals surface area contributed by atoms with Gasteiger partial charge in [0.2, 0.25) is 0 Å². The number of aliphatic hydroxyl groups is 1. The summed E-state index contributed by atoms with van der Waals surface area (Å²) in [6.45, 7) is 8.37. The van der Waals surface area contributed by atoms with Gasteiger partial charge in [0.1, 0.15) is 11.3 Å². The Labute approximate surface area is 155 Å². The molecule has 0 radical (unpaired) electrons. The molecule has 2 fully saturated rings. The number of carbonyl (C=O) groups excluding carboxylic acids is 1. The minimum Gasteiger partial charge on any atom is -0.384 e. The monoisotopic (exact) mass is 364 g/mol. The fourth-order valence-corrected chi connectivity index (χ4v) is 3.95. The van der Waals surface area contributed by atoms with Crippen LogP contribution in [0, 0.1) is 5.92 Å². The summed E-state index contributed by atoms with van der Waals surface area (Å²) in [5.74, 6) is 0.408. The third kappa shape index (κ3) is 4.64. The predicted octanol–water partition coefficient (Wildman–Crippen LogP) is 0.918. The number of hydrogen-bond acceptors (Lipinski definition) is 5. The van der Waals surface area contributed by atoms with Gasteiger partial charge in [0.05, 0.1) is 25.5 Å². The van der Waals surface area contributed by atoms with E-state index < -0.39 is 5.60 Å². The minimum atomic E-state index is -1.02. The second kappa shape index (κ2) is 8.06. The average Bonchev–Trinajstić information content (AvgIpc) is 3.13. The number of nitrogens with zero attached hydrogens (tertiary/aromatic N) is 4. The van der Waals surface area contributed by atoms with Gasteiger partial charge in [-0.1, -0.05) is 13.8 Å². The van der Waals surface area contributed by atoms with Crippen molar-refractivity contribution in [2.24, 2.45) is 13.0 Å². The Morgan fingerprint density at radius 1 is 1.35 bits per heavy atom. The highest BCUT2D eigenvalue weighted by molar-refractivity contribution is 5.92. The number of aromatic nitrogens is 2. The molecule has 2 aliphatic heterocycles. The maximum absolute atomic E-state index is 13.1. The first kappa shape index (κ1) is 19.3. The molecule has 0 saturated carbocycles. The Kier molecular flexibility index (Phi) is 5.99. The van der Waals surface area contributed by atoms with Crippen molar-refractivity contribution in [2.45, 2.75) is 38.7 Å². The van der Waals surface area contributed by atoms with Gasteiger partial charge in [-0.05, 0) is 44.3 Å². The summed E-state index contributed by atoms with van der Waals surface area (Å²) in [6.07, 6.45) is 3.20. The number of amides is 1. The first-order chi connectivity index (χ1) is 12.4. The molecule has 1 aromatic rings. The van der Waals surface area contributed by atoms with Gasteiger partial charge in [-0.2, -0.15) is 5.10 Å². The fourth-order valence-electron chi connectivity index (χ4n) is 3.95. The van der Waals surface area contributed by atoms with Gasteiger partial charge in [0.25, 0.3) is 5.91 Å². The Morgan fingerprint density at radius 2 is 2.08 bits per heavy atom. The molecule has 0 aliphatic carbocycles. The number of β-amino-alcohol motifs (C(OH)–C–C–N with tert-alkyl or cyclic N) is 1. The SMILES string of the molecule is CC(C)Cc1cc(C(=O)N2CCOC[C@](O)(CN3CCCC3)C2)n(C)n1. The van der Waals surface area contributed by atoms with Gasteiger partial charge in [0.15, 0.2) is 0 Å². The molecular weight excluding hydrogens is 332 g/mol. The average molecular weight is 364 g/mol. The van der Waals surface area contributed by atoms with E-state index in [2.05, 4.69) is 23.8 Å². The summed E-state index contributed by atoms with van der Waals surface area (Å²) in [6, 6.07) is 1.88. The van der Waals surface area contributed by atoms with Crippen molar-refractivity contribution in [2.75, 3.05) is 45.9 Å². The highest BCUT2D eigenvalue weighted by Gasteiger charge is 2.37. The largest absolute Gasteiger partial charge is 0.384 e. The zero-order valence-electron chi connectivity index (χ0n) is 16.3. The summed E-state index contributed by atoms with van der Waals surface area (Å²) in [5.41, 5.74) is 0.492. The van der Waals surface area contributed by atoms with Crippen LogP contribution < -0.4 is 0 Å². The smallest absolute Gasteiger partial charge is 0.272 e. The molecule has 1 amide bonds. The predicted molar refractivity (Wildman–Crippen MR) is 99.1 cm³/mol. The zero-order valence-corrected chi connectivity index (χ0v) is 16.3. The molecule has 2 saturated heterocycles. The quantitative estimate of drug-likeness (QED) is 0.841. The number of ether oxygens (including phenoxy) is 1. The van der Waals surface area contributed by atoms with Gasteiger partial charge in [0, 0.05) is 20.1 Å². The van der Waals surface area contributed by atoms with Crippen molar-refractivity contribution in [1.82, 2.24) is 19.6 Å². The van der Waals surface area contributed by atoms with E-state index in [1.165, 1.54) is 12.8 Å². The molecule has 0 unspecified atom stereocenters. The van der Waals surface area contributed by atoms with Crippen LogP contribution in [-0.2, 0) is 18.2 Å². The Morgan fingerprint density at radius 3 is 2.77 bits per heavy atom. The number of hydrogen-bond donors (Lipinski definition) is 1. The maximum Gasteiger partial charge on any atom is 0.272 e. The molecule has 0 spiro atoms. The van der Waals surface area contributed by atoms with Crippen molar-refractivity contribution in [3.63, 3.8) is 0 Å². The minimum absolute atomic E-state index is 0.0830. The summed E-state index contributed by atoms with van der Waals surface area (Å²) in [5, 5.41) is 15.6. The molecular formula is C19H32N4O3. The highest BCUT2D eigenvalue weighted by atomic mass is 16.5. The third-order valence-electron chi connectivity index (χ3n) is 5.13. The van der Waals surface area contributed by atoms with Gasteiger partial charge in [-0.3, -0.25) is 9.48 Å². The topological polar surface area (TPSA) is 70.8 Å². The number of aryl methyl sites for hydroxylation is 1. The van der Waals surface area contributed by atoms with Crippen LogP contribution in [0.25, 0.3) is 0 Å². The van der Waals surface area contributed by atoms with E-state index in [1.54, 1.807) is 9.58 Å². The van der Waals surface area contributed by atoms with E-state index in [-0.39, 0.29) is 12.5 Å². The maximum atomic E-state index is 13.1. The standard InChI is InChI=1S/C19H32N4O3/c1-15(2)10-16-11-17(21(3)20-16)18(24)23-8-9-26-14-19(25,13-23)12-22-6-4-5-7-22/h11,15,25H,4-10,12-14H2,1-3H3/t19-/m0/s1. The van der Waals surface area contributed by atoms with Crippen LogP contribution in [0.5, 0.6) is 0 Å². The lowest BCUT2D eigenvalue weighted by atomic mass is 10.0. The zero-order chi connectivity index (χ0) is 18.7. The summed E-state index contributed by atoms with van der Waals surface area (Å²) in [7, 11) is 1.81. The lowest BCUT2D eigenvalue weighted by Crippen LogP contribution is -2.53.